The highest BCUT2D eigenvalue weighted by Crippen LogP contribution is 2.35. The molecule has 8 aromatic rings. The van der Waals surface area contributed by atoms with E-state index in [1.54, 1.807) is 6.20 Å². The van der Waals surface area contributed by atoms with Gasteiger partial charge in [-0.15, -0.1) is 24.8 Å². The molecule has 0 saturated carbocycles. The molecule has 2 fully saturated rings. The molecule has 2 saturated heterocycles. The molecule has 6 aromatic carbocycles. The second-order valence-electron chi connectivity index (χ2n) is 16.9. The number of carbonyl (C=O) groups is 2. The van der Waals surface area contributed by atoms with Crippen molar-refractivity contribution >= 4 is 98.7 Å². The molecule has 4 heterocycles. The quantitative estimate of drug-likeness (QED) is 0.131. The number of hydrogen-bond acceptors (Lipinski definition) is 6. The van der Waals surface area contributed by atoms with Gasteiger partial charge in [0.2, 0.25) is 11.8 Å². The standard InChI is InChI=1S/C27H24BrClN4O.C27H24Cl2N4O.2ClH/c28-21-11-9-20(10-12-21)27(19-5-2-1-3-6-19)33-18-26(34)32(23-8-4-7-22(29)15-23)17-24(33)16-25-30-13-14-31-25;28-23-10-8-22(9-11-23)21-6-4-20(5-7-21)16-32-19-30-15-26(32)17-31-12-13-33(27(34)18-31)25-3-1-2-24(29)14-25;;/h1-15,24,27H,16-18H2,(H,30,31);1-11,14-15,19H,12-13,16-18H2;2*1H. The molecule has 10 nitrogen and oxygen atoms in total. The van der Waals surface area contributed by atoms with Gasteiger partial charge in [-0.3, -0.25) is 19.4 Å². The third-order valence-electron chi connectivity index (χ3n) is 12.3. The minimum atomic E-state index is -0.0697. The first-order valence-electron chi connectivity index (χ1n) is 22.4. The Morgan fingerprint density at radius 1 is 0.657 bits per heavy atom. The summed E-state index contributed by atoms with van der Waals surface area (Å²) in [5.41, 5.74) is 8.54. The van der Waals surface area contributed by atoms with Gasteiger partial charge in [0.1, 0.15) is 5.82 Å². The van der Waals surface area contributed by atoms with Crippen molar-refractivity contribution in [3.05, 3.63) is 224 Å². The van der Waals surface area contributed by atoms with Crippen LogP contribution >= 0.6 is 75.5 Å². The number of nitrogens with zero attached hydrogens (tertiary/aromatic N) is 7. The number of halogens is 6. The number of hydrogen-bond donors (Lipinski definition) is 1. The summed E-state index contributed by atoms with van der Waals surface area (Å²) in [6.45, 7) is 4.03. The molecule has 0 radical (unpaired) electrons. The fourth-order valence-electron chi connectivity index (χ4n) is 8.92. The normalized spacial score (nSPS) is 15.6. The van der Waals surface area contributed by atoms with Gasteiger partial charge >= 0.3 is 0 Å². The summed E-state index contributed by atoms with van der Waals surface area (Å²) in [5, 5.41) is 1.99. The Morgan fingerprint density at radius 3 is 1.91 bits per heavy atom. The Morgan fingerprint density at radius 2 is 1.29 bits per heavy atom. The lowest BCUT2D eigenvalue weighted by Crippen LogP contribution is -2.58. The number of H-pyrrole nitrogens is 1. The predicted molar refractivity (Wildman–Crippen MR) is 291 cm³/mol. The van der Waals surface area contributed by atoms with Crippen LogP contribution in [-0.4, -0.2) is 79.9 Å². The van der Waals surface area contributed by atoms with Gasteiger partial charge in [0, 0.05) is 94.7 Å². The molecule has 0 bridgehead atoms. The number of aromatic nitrogens is 4. The zero-order valence-electron chi connectivity index (χ0n) is 37.8. The molecule has 2 unspecified atom stereocenters. The van der Waals surface area contributed by atoms with Crippen LogP contribution in [0.4, 0.5) is 11.4 Å². The first-order valence-corrected chi connectivity index (χ1v) is 24.3. The first-order chi connectivity index (χ1) is 33.1. The van der Waals surface area contributed by atoms with E-state index in [1.807, 2.05) is 120 Å². The second-order valence-corrected chi connectivity index (χ2v) is 19.1. The van der Waals surface area contributed by atoms with Gasteiger partial charge in [-0.25, -0.2) is 9.97 Å². The molecule has 16 heteroatoms. The average Bonchev–Trinajstić information content (AvgIpc) is 4.03. The van der Waals surface area contributed by atoms with Gasteiger partial charge in [0.05, 0.1) is 31.2 Å². The molecule has 0 spiro atoms. The van der Waals surface area contributed by atoms with Crippen LogP contribution in [0.2, 0.25) is 15.1 Å². The lowest BCUT2D eigenvalue weighted by Gasteiger charge is -2.45. The Balaban J connectivity index is 0.000000201. The maximum atomic E-state index is 13.5. The van der Waals surface area contributed by atoms with Gasteiger partial charge in [0.15, 0.2) is 0 Å². The number of piperazine rings is 2. The van der Waals surface area contributed by atoms with Gasteiger partial charge < -0.3 is 19.4 Å². The minimum absolute atomic E-state index is 0. The molecule has 1 N–H and O–H groups in total. The molecule has 10 rings (SSSR count). The Labute approximate surface area is 444 Å². The average molecular weight is 1100 g/mol. The zero-order chi connectivity index (χ0) is 47.0. The number of benzene rings is 6. The summed E-state index contributed by atoms with van der Waals surface area (Å²) >= 11 is 21.9. The van der Waals surface area contributed by atoms with Crippen molar-refractivity contribution in [1.29, 1.82) is 0 Å². The summed E-state index contributed by atoms with van der Waals surface area (Å²) in [6.07, 6.45) is 8.04. The largest absolute Gasteiger partial charge is 0.349 e. The second kappa shape index (κ2) is 24.6. The van der Waals surface area contributed by atoms with E-state index >= 15 is 0 Å². The number of amides is 2. The molecule has 2 aliphatic heterocycles. The number of anilines is 2. The molecule has 70 heavy (non-hydrogen) atoms. The molecular weight excluding hydrogens is 1050 g/mol. The first kappa shape index (κ1) is 52.4. The molecule has 0 aliphatic carbocycles. The Bertz CT molecular complexity index is 2940. The number of rotatable bonds is 12. The van der Waals surface area contributed by atoms with Crippen molar-refractivity contribution in [1.82, 2.24) is 29.3 Å². The smallest absolute Gasteiger partial charge is 0.241 e. The van der Waals surface area contributed by atoms with Crippen LogP contribution in [0.1, 0.15) is 34.3 Å². The summed E-state index contributed by atoms with van der Waals surface area (Å²) < 4.78 is 3.17. The number of aromatic amines is 1. The molecule has 2 atom stereocenters. The highest BCUT2D eigenvalue weighted by atomic mass is 79.9. The summed E-state index contributed by atoms with van der Waals surface area (Å²) in [7, 11) is 0. The van der Waals surface area contributed by atoms with Gasteiger partial charge in [-0.05, 0) is 88.5 Å². The van der Waals surface area contributed by atoms with E-state index in [9.17, 15) is 9.59 Å². The third-order valence-corrected chi connectivity index (χ3v) is 13.6. The van der Waals surface area contributed by atoms with Crippen LogP contribution in [0, 0.1) is 0 Å². The van der Waals surface area contributed by atoms with Crippen LogP contribution in [0.5, 0.6) is 0 Å². The Hall–Kier alpha value is -5.47. The van der Waals surface area contributed by atoms with E-state index in [-0.39, 0.29) is 55.3 Å². The topological polar surface area (TPSA) is 93.6 Å². The fourth-order valence-corrected chi connectivity index (χ4v) is 9.68. The number of imidazole rings is 2. The maximum absolute atomic E-state index is 13.5. The van der Waals surface area contributed by atoms with E-state index in [4.69, 9.17) is 34.8 Å². The lowest BCUT2D eigenvalue weighted by molar-refractivity contribution is -0.123. The third kappa shape index (κ3) is 13.1. The van der Waals surface area contributed by atoms with E-state index in [2.05, 4.69) is 106 Å². The lowest BCUT2D eigenvalue weighted by atomic mass is 9.93. The van der Waals surface area contributed by atoms with E-state index in [1.165, 1.54) is 5.56 Å². The van der Waals surface area contributed by atoms with Crippen LogP contribution in [0.15, 0.2) is 181 Å². The van der Waals surface area contributed by atoms with Crippen molar-refractivity contribution in [3.63, 3.8) is 0 Å². The van der Waals surface area contributed by atoms with Gasteiger partial charge in [0.25, 0.3) is 0 Å². The van der Waals surface area contributed by atoms with Crippen LogP contribution in [0.25, 0.3) is 11.1 Å². The molecule has 2 aliphatic rings. The van der Waals surface area contributed by atoms with Gasteiger partial charge in [-0.1, -0.05) is 142 Å². The number of carbonyl (C=O) groups excluding carboxylic acids is 2. The van der Waals surface area contributed by atoms with Crippen molar-refractivity contribution in [2.75, 3.05) is 42.5 Å². The summed E-state index contributed by atoms with van der Waals surface area (Å²) in [5.74, 6) is 1.03. The van der Waals surface area contributed by atoms with Crippen molar-refractivity contribution < 1.29 is 9.59 Å². The van der Waals surface area contributed by atoms with Crippen LogP contribution < -0.4 is 9.80 Å². The van der Waals surface area contributed by atoms with E-state index in [0.717, 1.165) is 67.7 Å². The van der Waals surface area contributed by atoms with E-state index in [0.29, 0.717) is 42.6 Å². The number of nitrogens with one attached hydrogen (secondary N) is 1. The van der Waals surface area contributed by atoms with Crippen molar-refractivity contribution in [2.45, 2.75) is 31.6 Å². The predicted octanol–water partition coefficient (Wildman–Crippen LogP) is 12.5. The monoisotopic (exact) mass is 1100 g/mol. The summed E-state index contributed by atoms with van der Waals surface area (Å²) in [4.78, 5) is 46.5. The van der Waals surface area contributed by atoms with Crippen molar-refractivity contribution in [3.8, 4) is 11.1 Å². The summed E-state index contributed by atoms with van der Waals surface area (Å²) in [6, 6.07) is 50.0. The molecule has 360 valence electrons. The van der Waals surface area contributed by atoms with Gasteiger partial charge in [-0.2, -0.15) is 0 Å². The highest BCUT2D eigenvalue weighted by molar-refractivity contribution is 9.10. The van der Waals surface area contributed by atoms with Crippen molar-refractivity contribution in [2.24, 2.45) is 0 Å². The fraction of sp³-hybridized carbons (Fsp3) is 0.185. The Kier molecular flexibility index (Phi) is 18.4. The zero-order valence-corrected chi connectivity index (χ0v) is 43.3. The van der Waals surface area contributed by atoms with Crippen LogP contribution in [-0.2, 0) is 29.1 Å². The molecule has 2 aromatic heterocycles. The molecule has 2 amide bonds. The van der Waals surface area contributed by atoms with E-state index < -0.39 is 0 Å². The molecular formula is C54H50BrCl5N8O2. The van der Waals surface area contributed by atoms with Crippen LogP contribution in [0.3, 0.4) is 0 Å². The maximum Gasteiger partial charge on any atom is 0.241 e. The SMILES string of the molecule is Cl.Cl.O=C1CN(C(c2ccccc2)c2ccc(Br)cc2)C(Cc2ncc[nH]2)CN1c1cccc(Cl)c1.O=C1CN(Cc2cncn2Cc2ccc(-c3ccc(Cl)cc3)cc2)CCN1c1cccc(Cl)c1. The highest BCUT2D eigenvalue weighted by Gasteiger charge is 2.38. The minimum Gasteiger partial charge on any atom is -0.349 e.